The van der Waals surface area contributed by atoms with Crippen LogP contribution in [0.3, 0.4) is 0 Å². The van der Waals surface area contributed by atoms with Gasteiger partial charge in [-0.05, 0) is 37.1 Å². The van der Waals surface area contributed by atoms with E-state index in [4.69, 9.17) is 13.9 Å². The number of nitrogens with zero attached hydrogens (tertiary/aromatic N) is 5. The Morgan fingerprint density at radius 2 is 1.73 bits per heavy atom. The lowest BCUT2D eigenvalue weighted by Gasteiger charge is -2.30. The Morgan fingerprint density at radius 1 is 1.03 bits per heavy atom. The summed E-state index contributed by atoms with van der Waals surface area (Å²) in [7, 11) is -0.749. The highest BCUT2D eigenvalue weighted by Gasteiger charge is 2.39. The molecule has 194 valence electrons. The van der Waals surface area contributed by atoms with Crippen LogP contribution in [0.4, 0.5) is 4.39 Å². The quantitative estimate of drug-likeness (QED) is 0.333. The fourth-order valence-corrected chi connectivity index (χ4v) is 6.93. The lowest BCUT2D eigenvalue weighted by molar-refractivity contribution is 0.390. The highest BCUT2D eigenvalue weighted by atomic mass is 32.2. The van der Waals surface area contributed by atoms with Gasteiger partial charge in [-0.2, -0.15) is 0 Å². The molecule has 4 aromatic rings. The van der Waals surface area contributed by atoms with E-state index in [1.807, 2.05) is 0 Å². The zero-order chi connectivity index (χ0) is 26.0. The summed E-state index contributed by atoms with van der Waals surface area (Å²) in [5, 5.41) is 7.80. The van der Waals surface area contributed by atoms with E-state index in [-0.39, 0.29) is 5.82 Å². The van der Waals surface area contributed by atoms with Gasteiger partial charge in [-0.3, -0.25) is 4.57 Å². The molecule has 0 amide bonds. The van der Waals surface area contributed by atoms with Gasteiger partial charge in [-0.25, -0.2) is 22.8 Å². The van der Waals surface area contributed by atoms with E-state index in [2.05, 4.69) is 20.2 Å². The van der Waals surface area contributed by atoms with E-state index in [1.54, 1.807) is 34.9 Å². The average molecular weight is 528 g/mol. The number of aromatic nitrogens is 5. The fraction of sp³-hybridized carbons (Fsp3) is 0.360. The summed E-state index contributed by atoms with van der Waals surface area (Å²) >= 11 is 0. The van der Waals surface area contributed by atoms with E-state index >= 15 is 0 Å². The molecule has 5 rings (SSSR count). The first-order valence-electron chi connectivity index (χ1n) is 11.8. The molecule has 12 heteroatoms. The van der Waals surface area contributed by atoms with Crippen LogP contribution in [0.25, 0.3) is 17.3 Å². The number of sulfone groups is 1. The van der Waals surface area contributed by atoms with Crippen LogP contribution in [0.1, 0.15) is 43.3 Å². The third-order valence-electron chi connectivity index (χ3n) is 6.56. The molecule has 3 heterocycles. The summed E-state index contributed by atoms with van der Waals surface area (Å²) < 4.78 is 59.6. The number of furan rings is 1. The maximum absolute atomic E-state index is 13.9. The van der Waals surface area contributed by atoms with Gasteiger partial charge in [0.1, 0.15) is 28.8 Å². The molecule has 1 aliphatic carbocycles. The van der Waals surface area contributed by atoms with Gasteiger partial charge in [0.05, 0.1) is 38.1 Å². The average Bonchev–Trinajstić information content (AvgIpc) is 3.58. The number of ether oxygens (including phenoxy) is 2. The second kappa shape index (κ2) is 10.3. The minimum atomic E-state index is -3.78. The third kappa shape index (κ3) is 4.80. The van der Waals surface area contributed by atoms with Crippen LogP contribution < -0.4 is 9.47 Å². The topological polar surface area (TPSA) is 122 Å². The number of halogens is 1. The SMILES string of the molecule is COc1cccc(OC)c1-n1c(CS(=O)(=O)[C@@H]2CCCC[C@H]2c2ncc(F)cn2)nnc1-c1ccco1. The number of para-hydroxylation sites is 1. The molecule has 1 aromatic carbocycles. The number of methoxy groups -OCH3 is 2. The molecule has 0 spiro atoms. The van der Waals surface area contributed by atoms with E-state index in [0.717, 1.165) is 25.2 Å². The maximum atomic E-state index is 13.9. The van der Waals surface area contributed by atoms with Gasteiger partial charge >= 0.3 is 0 Å². The van der Waals surface area contributed by atoms with Gasteiger partial charge in [0, 0.05) is 5.92 Å². The summed E-state index contributed by atoms with van der Waals surface area (Å²) in [5.41, 5.74) is 0.455. The molecular formula is C25H26FN5O5S. The van der Waals surface area contributed by atoms with Crippen molar-refractivity contribution in [1.29, 1.82) is 0 Å². The highest BCUT2D eigenvalue weighted by Crippen LogP contribution is 2.39. The Morgan fingerprint density at radius 3 is 2.38 bits per heavy atom. The van der Waals surface area contributed by atoms with Crippen molar-refractivity contribution in [2.45, 2.75) is 42.6 Å². The minimum Gasteiger partial charge on any atom is -0.494 e. The van der Waals surface area contributed by atoms with Gasteiger partial charge in [0.15, 0.2) is 27.2 Å². The van der Waals surface area contributed by atoms with Crippen LogP contribution in [0.15, 0.2) is 53.4 Å². The molecule has 3 aromatic heterocycles. The molecule has 2 atom stereocenters. The molecule has 0 N–H and O–H groups in total. The summed E-state index contributed by atoms with van der Waals surface area (Å²) in [6.45, 7) is 0. The van der Waals surface area contributed by atoms with Crippen molar-refractivity contribution in [2.75, 3.05) is 14.2 Å². The van der Waals surface area contributed by atoms with E-state index < -0.39 is 32.6 Å². The number of benzene rings is 1. The monoisotopic (exact) mass is 527 g/mol. The first-order valence-corrected chi connectivity index (χ1v) is 13.5. The Bertz CT molecular complexity index is 1450. The third-order valence-corrected chi connectivity index (χ3v) is 8.71. The molecule has 1 saturated carbocycles. The molecule has 0 aliphatic heterocycles. The first-order chi connectivity index (χ1) is 17.9. The Balaban J connectivity index is 1.60. The van der Waals surface area contributed by atoms with Crippen LogP contribution in [0.2, 0.25) is 0 Å². The zero-order valence-corrected chi connectivity index (χ0v) is 21.2. The summed E-state index contributed by atoms with van der Waals surface area (Å²) in [6, 6.07) is 8.67. The van der Waals surface area contributed by atoms with Crippen LogP contribution in [-0.4, -0.2) is 52.6 Å². The van der Waals surface area contributed by atoms with Crippen molar-refractivity contribution in [2.24, 2.45) is 0 Å². The van der Waals surface area contributed by atoms with Gasteiger partial charge in [-0.1, -0.05) is 18.9 Å². The molecular weight excluding hydrogens is 501 g/mol. The van der Waals surface area contributed by atoms with Crippen molar-refractivity contribution in [3.05, 3.63) is 66.5 Å². The van der Waals surface area contributed by atoms with E-state index in [0.29, 0.717) is 47.4 Å². The maximum Gasteiger partial charge on any atom is 0.204 e. The molecule has 1 aliphatic rings. The zero-order valence-electron chi connectivity index (χ0n) is 20.4. The standard InChI is InChI=1S/C25H26FN5O5S/c1-34-18-8-5-9-19(35-2)23(18)31-22(29-30-25(31)20-10-6-12-36-20)15-37(32,33)21-11-4-3-7-17(21)24-27-13-16(26)14-28-24/h5-6,8-10,12-14,17,21H,3-4,7,11,15H2,1-2H3/t17-,21-/m1/s1. The van der Waals surface area contributed by atoms with Crippen molar-refractivity contribution in [3.8, 4) is 28.8 Å². The minimum absolute atomic E-state index is 0.179. The Labute approximate surface area is 213 Å². The van der Waals surface area contributed by atoms with Crippen molar-refractivity contribution < 1.29 is 26.7 Å². The van der Waals surface area contributed by atoms with Gasteiger partial charge < -0.3 is 13.9 Å². The van der Waals surface area contributed by atoms with E-state index in [9.17, 15) is 12.8 Å². The number of hydrogen-bond acceptors (Lipinski definition) is 9. The van der Waals surface area contributed by atoms with Crippen LogP contribution >= 0.6 is 0 Å². The van der Waals surface area contributed by atoms with Crippen LogP contribution in [0, 0.1) is 5.82 Å². The predicted octanol–water partition coefficient (Wildman–Crippen LogP) is 4.11. The predicted molar refractivity (Wildman–Crippen MR) is 132 cm³/mol. The lowest BCUT2D eigenvalue weighted by Crippen LogP contribution is -2.34. The van der Waals surface area contributed by atoms with Crippen LogP contribution in [0.5, 0.6) is 11.5 Å². The first kappa shape index (κ1) is 24.9. The summed E-state index contributed by atoms with van der Waals surface area (Å²) in [5.74, 6) is 0.701. The van der Waals surface area contributed by atoms with Crippen molar-refractivity contribution >= 4 is 9.84 Å². The molecule has 37 heavy (non-hydrogen) atoms. The second-order valence-corrected chi connectivity index (χ2v) is 11.0. The number of hydrogen-bond donors (Lipinski definition) is 0. The molecule has 0 radical (unpaired) electrons. The number of rotatable bonds is 8. The molecule has 10 nitrogen and oxygen atoms in total. The fourth-order valence-electron chi connectivity index (χ4n) is 4.89. The Hall–Kier alpha value is -3.80. The normalized spacial score (nSPS) is 18.0. The summed E-state index contributed by atoms with van der Waals surface area (Å²) in [4.78, 5) is 8.18. The highest BCUT2D eigenvalue weighted by molar-refractivity contribution is 7.91. The van der Waals surface area contributed by atoms with Gasteiger partial charge in [0.2, 0.25) is 5.82 Å². The summed E-state index contributed by atoms with van der Waals surface area (Å²) in [6.07, 6.45) is 6.28. The second-order valence-electron chi connectivity index (χ2n) is 8.76. The van der Waals surface area contributed by atoms with Crippen molar-refractivity contribution in [3.63, 3.8) is 0 Å². The van der Waals surface area contributed by atoms with Gasteiger partial charge in [0.25, 0.3) is 0 Å². The molecule has 0 unspecified atom stereocenters. The van der Waals surface area contributed by atoms with Gasteiger partial charge in [-0.15, -0.1) is 10.2 Å². The smallest absolute Gasteiger partial charge is 0.204 e. The molecule has 0 bridgehead atoms. The van der Waals surface area contributed by atoms with E-state index in [1.165, 1.54) is 20.5 Å². The van der Waals surface area contributed by atoms with Crippen molar-refractivity contribution in [1.82, 2.24) is 24.7 Å². The van der Waals surface area contributed by atoms with Crippen LogP contribution in [-0.2, 0) is 15.6 Å². The molecule has 0 saturated heterocycles. The lowest BCUT2D eigenvalue weighted by atomic mass is 9.88. The largest absolute Gasteiger partial charge is 0.494 e. The molecule has 1 fully saturated rings. The Kier molecular flexibility index (Phi) is 6.92.